The van der Waals surface area contributed by atoms with Crippen molar-refractivity contribution in [3.63, 3.8) is 0 Å². The molecule has 0 aliphatic heterocycles. The van der Waals surface area contributed by atoms with Crippen molar-refractivity contribution >= 4 is 11.5 Å². The third-order valence-electron chi connectivity index (χ3n) is 6.48. The summed E-state index contributed by atoms with van der Waals surface area (Å²) in [6.45, 7) is 2.86. The molecule has 9 nitrogen and oxygen atoms in total. The van der Waals surface area contributed by atoms with Crippen LogP contribution in [0.3, 0.4) is 0 Å². The highest BCUT2D eigenvalue weighted by Gasteiger charge is 2.17. The van der Waals surface area contributed by atoms with Crippen LogP contribution in [-0.4, -0.2) is 38.2 Å². The second-order valence-electron chi connectivity index (χ2n) is 9.60. The van der Waals surface area contributed by atoms with Crippen LogP contribution in [-0.2, 0) is 19.8 Å². The normalized spacial score (nSPS) is 11.2. The van der Waals surface area contributed by atoms with Crippen LogP contribution in [0.25, 0.3) is 5.76 Å². The fourth-order valence-corrected chi connectivity index (χ4v) is 4.34. The van der Waals surface area contributed by atoms with Crippen LogP contribution in [0.5, 0.6) is 17.2 Å². The Morgan fingerprint density at radius 2 is 1.45 bits per heavy atom. The Labute approximate surface area is 243 Å². The van der Waals surface area contributed by atoms with Crippen LogP contribution in [0.4, 0.5) is 0 Å². The molecule has 0 amide bonds. The maximum absolute atomic E-state index is 13.2. The molecule has 5 rings (SSSR count). The van der Waals surface area contributed by atoms with Crippen LogP contribution < -0.4 is 14.2 Å². The molecule has 0 aliphatic carbocycles. The van der Waals surface area contributed by atoms with Gasteiger partial charge in [0.1, 0.15) is 36.2 Å². The number of nitrogens with zero attached hydrogens (tertiary/aromatic N) is 4. The van der Waals surface area contributed by atoms with Crippen molar-refractivity contribution in [3.05, 3.63) is 137 Å². The van der Waals surface area contributed by atoms with Crippen molar-refractivity contribution in [1.82, 2.24) is 20.2 Å². The van der Waals surface area contributed by atoms with Crippen molar-refractivity contribution in [3.8, 4) is 17.2 Å². The molecule has 0 saturated carbocycles. The minimum atomic E-state index is -0.551. The highest BCUT2D eigenvalue weighted by molar-refractivity contribution is 6.05. The van der Waals surface area contributed by atoms with E-state index in [2.05, 4.69) is 15.5 Å². The smallest absolute Gasteiger partial charge is 0.228 e. The lowest BCUT2D eigenvalue weighted by molar-refractivity contribution is 0.103. The SMILES string of the molecule is COc1ccc(Cn2nnnc2C(=O)/C=C(\O)c2cc(OCc3ccccc3)cc(OCc3ccccc3)c2)cc1C. The molecule has 42 heavy (non-hydrogen) atoms. The Hall–Kier alpha value is -5.44. The number of aliphatic hydroxyl groups excluding tert-OH is 1. The van der Waals surface area contributed by atoms with Crippen molar-refractivity contribution < 1.29 is 24.1 Å². The fourth-order valence-electron chi connectivity index (χ4n) is 4.34. The number of carbonyl (C=O) groups is 1. The zero-order chi connectivity index (χ0) is 29.3. The van der Waals surface area contributed by atoms with Gasteiger partial charge in [0, 0.05) is 17.7 Å². The van der Waals surface area contributed by atoms with E-state index in [1.807, 2.05) is 85.8 Å². The highest BCUT2D eigenvalue weighted by Crippen LogP contribution is 2.28. The van der Waals surface area contributed by atoms with Gasteiger partial charge in [-0.2, -0.15) is 0 Å². The molecule has 212 valence electrons. The predicted molar refractivity (Wildman–Crippen MR) is 158 cm³/mol. The Morgan fingerprint density at radius 1 is 0.833 bits per heavy atom. The molecule has 0 fully saturated rings. The number of ether oxygens (including phenoxy) is 3. The van der Waals surface area contributed by atoms with E-state index in [0.29, 0.717) is 30.3 Å². The quantitative estimate of drug-likeness (QED) is 0.112. The first-order valence-corrected chi connectivity index (χ1v) is 13.3. The molecule has 0 aliphatic rings. The standard InChI is InChI=1S/C33H30N4O5/c1-23-15-26(13-14-32(23)40-2)20-37-33(34-35-36-37)31(39)19-30(38)27-16-28(41-21-24-9-5-3-6-10-24)18-29(17-27)42-22-25-11-7-4-8-12-25/h3-19,38H,20-22H2,1-2H3/b30-19-. The molecule has 0 radical (unpaired) electrons. The average molecular weight is 563 g/mol. The number of tetrazole rings is 1. The fraction of sp³-hybridized carbons (Fsp3) is 0.152. The first kappa shape index (κ1) is 28.1. The van der Waals surface area contributed by atoms with Crippen molar-refractivity contribution in [2.45, 2.75) is 26.7 Å². The lowest BCUT2D eigenvalue weighted by Crippen LogP contribution is -2.12. The second-order valence-corrected chi connectivity index (χ2v) is 9.60. The maximum Gasteiger partial charge on any atom is 0.228 e. The molecule has 0 spiro atoms. The lowest BCUT2D eigenvalue weighted by Gasteiger charge is -2.13. The first-order valence-electron chi connectivity index (χ1n) is 13.3. The molecular formula is C33H30N4O5. The summed E-state index contributed by atoms with van der Waals surface area (Å²) < 4.78 is 18.7. The van der Waals surface area contributed by atoms with Gasteiger partial charge in [-0.3, -0.25) is 4.79 Å². The summed E-state index contributed by atoms with van der Waals surface area (Å²) in [6.07, 6.45) is 1.10. The number of hydrogen-bond donors (Lipinski definition) is 1. The van der Waals surface area contributed by atoms with Crippen molar-refractivity contribution in [2.24, 2.45) is 0 Å². The van der Waals surface area contributed by atoms with E-state index in [-0.39, 0.29) is 18.1 Å². The molecule has 1 aromatic heterocycles. The summed E-state index contributed by atoms with van der Waals surface area (Å²) in [7, 11) is 1.61. The van der Waals surface area contributed by atoms with Gasteiger partial charge in [-0.05, 0) is 57.8 Å². The number of rotatable bonds is 12. The van der Waals surface area contributed by atoms with Gasteiger partial charge in [-0.15, -0.1) is 5.10 Å². The Bertz CT molecular complexity index is 1620. The molecule has 1 N–H and O–H groups in total. The van der Waals surface area contributed by atoms with Gasteiger partial charge in [0.05, 0.1) is 13.7 Å². The minimum absolute atomic E-state index is 0.00736. The molecule has 1 heterocycles. The number of benzene rings is 4. The Morgan fingerprint density at radius 3 is 2.02 bits per heavy atom. The number of aliphatic hydroxyl groups is 1. The number of aromatic nitrogens is 4. The van der Waals surface area contributed by atoms with E-state index in [9.17, 15) is 9.90 Å². The van der Waals surface area contributed by atoms with Crippen LogP contribution >= 0.6 is 0 Å². The molecule has 0 unspecified atom stereocenters. The highest BCUT2D eigenvalue weighted by atomic mass is 16.5. The van der Waals surface area contributed by atoms with Gasteiger partial charge in [-0.1, -0.05) is 72.8 Å². The second kappa shape index (κ2) is 13.3. The van der Waals surface area contributed by atoms with E-state index in [0.717, 1.165) is 34.1 Å². The van der Waals surface area contributed by atoms with Crippen LogP contribution in [0.1, 0.15) is 38.4 Å². The maximum atomic E-state index is 13.2. The molecule has 0 atom stereocenters. The van der Waals surface area contributed by atoms with Crippen LogP contribution in [0.15, 0.2) is 103 Å². The Balaban J connectivity index is 1.37. The van der Waals surface area contributed by atoms with Gasteiger partial charge in [0.15, 0.2) is 0 Å². The van der Waals surface area contributed by atoms with E-state index < -0.39 is 5.78 Å². The predicted octanol–water partition coefficient (Wildman–Crippen LogP) is 5.98. The summed E-state index contributed by atoms with van der Waals surface area (Å²) in [5.74, 6) is 0.890. The topological polar surface area (TPSA) is 109 Å². The number of ketones is 1. The molecular weight excluding hydrogens is 532 g/mol. The lowest BCUT2D eigenvalue weighted by atomic mass is 10.1. The van der Waals surface area contributed by atoms with Crippen LogP contribution in [0.2, 0.25) is 0 Å². The zero-order valence-electron chi connectivity index (χ0n) is 23.3. The monoisotopic (exact) mass is 562 g/mol. The summed E-state index contributed by atoms with van der Waals surface area (Å²) >= 11 is 0. The summed E-state index contributed by atoms with van der Waals surface area (Å²) in [4.78, 5) is 13.2. The van der Waals surface area contributed by atoms with Crippen molar-refractivity contribution in [2.75, 3.05) is 7.11 Å². The van der Waals surface area contributed by atoms with Gasteiger partial charge >= 0.3 is 0 Å². The zero-order valence-corrected chi connectivity index (χ0v) is 23.3. The number of carbonyl (C=O) groups excluding carboxylic acids is 1. The van der Waals surface area contributed by atoms with Crippen molar-refractivity contribution in [1.29, 1.82) is 0 Å². The van der Waals surface area contributed by atoms with E-state index in [1.54, 1.807) is 25.3 Å². The molecule has 9 heteroatoms. The largest absolute Gasteiger partial charge is 0.507 e. The van der Waals surface area contributed by atoms with Gasteiger partial charge in [0.25, 0.3) is 0 Å². The first-order chi connectivity index (χ1) is 20.5. The van der Waals surface area contributed by atoms with Crippen LogP contribution in [0, 0.1) is 6.92 Å². The number of allylic oxidation sites excluding steroid dienone is 1. The van der Waals surface area contributed by atoms with E-state index in [1.165, 1.54) is 4.68 Å². The number of methoxy groups -OCH3 is 1. The molecule has 4 aromatic carbocycles. The van der Waals surface area contributed by atoms with E-state index in [4.69, 9.17) is 14.2 Å². The average Bonchev–Trinajstić information content (AvgIpc) is 3.48. The summed E-state index contributed by atoms with van der Waals surface area (Å²) in [5, 5.41) is 22.6. The number of aryl methyl sites for hydroxylation is 1. The van der Waals surface area contributed by atoms with Gasteiger partial charge < -0.3 is 19.3 Å². The molecule has 0 bridgehead atoms. The third kappa shape index (κ3) is 7.19. The third-order valence-corrected chi connectivity index (χ3v) is 6.48. The summed E-state index contributed by atoms with van der Waals surface area (Å²) in [5.41, 5.74) is 4.17. The minimum Gasteiger partial charge on any atom is -0.507 e. The molecule has 5 aromatic rings. The molecule has 0 saturated heterocycles. The van der Waals surface area contributed by atoms with Gasteiger partial charge in [-0.25, -0.2) is 4.68 Å². The Kier molecular flexibility index (Phi) is 8.88. The number of hydrogen-bond acceptors (Lipinski definition) is 8. The van der Waals surface area contributed by atoms with Gasteiger partial charge in [0.2, 0.25) is 11.6 Å². The van der Waals surface area contributed by atoms with E-state index >= 15 is 0 Å². The summed E-state index contributed by atoms with van der Waals surface area (Å²) in [6, 6.07) is 30.2.